The molecule has 0 fully saturated rings. The Kier molecular flexibility index (Phi) is 6.97. The van der Waals surface area contributed by atoms with Gasteiger partial charge in [-0.1, -0.05) is 56.3 Å². The molecule has 0 unspecified atom stereocenters. The summed E-state index contributed by atoms with van der Waals surface area (Å²) >= 11 is 0. The van der Waals surface area contributed by atoms with E-state index in [9.17, 15) is 9.59 Å². The van der Waals surface area contributed by atoms with E-state index in [1.807, 2.05) is 55.5 Å². The second-order valence-corrected chi connectivity index (χ2v) is 6.27. The van der Waals surface area contributed by atoms with Crippen LogP contribution in [0.4, 0.5) is 0 Å². The van der Waals surface area contributed by atoms with Crippen molar-refractivity contribution in [1.29, 1.82) is 0 Å². The minimum Gasteiger partial charge on any atom is -0.483 e. The van der Waals surface area contributed by atoms with Gasteiger partial charge in [-0.3, -0.25) is 20.4 Å². The van der Waals surface area contributed by atoms with Gasteiger partial charge in [0.25, 0.3) is 11.8 Å². The number of hydrogen-bond acceptors (Lipinski definition) is 3. The topological polar surface area (TPSA) is 67.4 Å². The number of benzene rings is 2. The summed E-state index contributed by atoms with van der Waals surface area (Å²) in [5, 5.41) is 0. The van der Waals surface area contributed by atoms with Gasteiger partial charge in [0.2, 0.25) is 0 Å². The third kappa shape index (κ3) is 6.09. The summed E-state index contributed by atoms with van der Waals surface area (Å²) < 4.78 is 5.62. The van der Waals surface area contributed by atoms with Crippen LogP contribution in [0.3, 0.4) is 0 Å². The molecule has 2 amide bonds. The summed E-state index contributed by atoms with van der Waals surface area (Å²) in [6.07, 6.45) is 3.02. The fourth-order valence-electron chi connectivity index (χ4n) is 2.33. The molecular weight excluding hydrogens is 328 g/mol. The Morgan fingerprint density at radius 1 is 1.08 bits per heavy atom. The smallest absolute Gasteiger partial charge is 0.276 e. The van der Waals surface area contributed by atoms with Crippen LogP contribution < -0.4 is 15.6 Å². The fraction of sp³-hybridized carbons (Fsp3) is 0.238. The van der Waals surface area contributed by atoms with Crippen LogP contribution in [0, 0.1) is 6.92 Å². The number of amides is 2. The molecule has 0 saturated heterocycles. The van der Waals surface area contributed by atoms with E-state index in [0.29, 0.717) is 5.75 Å². The Hall–Kier alpha value is -3.08. The summed E-state index contributed by atoms with van der Waals surface area (Å²) in [5.74, 6) is 0.130. The van der Waals surface area contributed by atoms with Crippen molar-refractivity contribution in [3.63, 3.8) is 0 Å². The van der Waals surface area contributed by atoms with Crippen LogP contribution in [0.5, 0.6) is 5.75 Å². The number of nitrogens with one attached hydrogen (secondary N) is 2. The predicted octanol–water partition coefficient (Wildman–Crippen LogP) is 3.36. The lowest BCUT2D eigenvalue weighted by Crippen LogP contribution is -2.43. The first-order valence-electron chi connectivity index (χ1n) is 8.51. The predicted molar refractivity (Wildman–Crippen MR) is 103 cm³/mol. The van der Waals surface area contributed by atoms with Crippen LogP contribution in [0.1, 0.15) is 36.5 Å². The van der Waals surface area contributed by atoms with Gasteiger partial charge in [0.05, 0.1) is 0 Å². The van der Waals surface area contributed by atoms with E-state index in [4.69, 9.17) is 4.74 Å². The Morgan fingerprint density at radius 3 is 2.50 bits per heavy atom. The lowest BCUT2D eigenvalue weighted by molar-refractivity contribution is -0.128. The zero-order chi connectivity index (χ0) is 18.9. The molecule has 0 radical (unpaired) electrons. The average molecular weight is 352 g/mol. The average Bonchev–Trinajstić information content (AvgIpc) is 2.63. The Morgan fingerprint density at radius 2 is 1.81 bits per heavy atom. The van der Waals surface area contributed by atoms with Crippen LogP contribution in [-0.4, -0.2) is 18.4 Å². The summed E-state index contributed by atoms with van der Waals surface area (Å²) in [7, 11) is 0. The molecule has 26 heavy (non-hydrogen) atoms. The van der Waals surface area contributed by atoms with Gasteiger partial charge in [0.1, 0.15) is 5.75 Å². The zero-order valence-electron chi connectivity index (χ0n) is 15.3. The molecule has 0 aliphatic rings. The van der Waals surface area contributed by atoms with Gasteiger partial charge in [0.15, 0.2) is 6.61 Å². The molecule has 0 aliphatic carbocycles. The van der Waals surface area contributed by atoms with Gasteiger partial charge >= 0.3 is 0 Å². The van der Waals surface area contributed by atoms with E-state index in [1.54, 1.807) is 6.08 Å². The van der Waals surface area contributed by atoms with Crippen molar-refractivity contribution < 1.29 is 14.3 Å². The van der Waals surface area contributed by atoms with Crippen LogP contribution in [0.2, 0.25) is 0 Å². The Bertz CT molecular complexity index is 783. The third-order valence-electron chi connectivity index (χ3n) is 3.70. The van der Waals surface area contributed by atoms with E-state index in [0.717, 1.165) is 16.7 Å². The van der Waals surface area contributed by atoms with Crippen molar-refractivity contribution in [1.82, 2.24) is 10.9 Å². The molecule has 0 atom stereocenters. The van der Waals surface area contributed by atoms with E-state index in [1.165, 1.54) is 6.08 Å². The molecular formula is C21H24N2O3. The summed E-state index contributed by atoms with van der Waals surface area (Å²) in [5.41, 5.74) is 7.67. The van der Waals surface area contributed by atoms with Crippen molar-refractivity contribution >= 4 is 17.9 Å². The molecule has 2 aromatic carbocycles. The van der Waals surface area contributed by atoms with Gasteiger partial charge in [-0.2, -0.15) is 0 Å². The Balaban J connectivity index is 1.81. The molecule has 2 rings (SSSR count). The normalized spacial score (nSPS) is 10.8. The number of hydrazine groups is 1. The van der Waals surface area contributed by atoms with Crippen LogP contribution in [0.15, 0.2) is 54.6 Å². The maximum atomic E-state index is 11.9. The molecule has 0 heterocycles. The number of rotatable bonds is 6. The van der Waals surface area contributed by atoms with E-state index in [2.05, 4.69) is 24.7 Å². The van der Waals surface area contributed by atoms with Crippen molar-refractivity contribution in [3.05, 3.63) is 71.3 Å². The standard InChI is InChI=1S/C21H24N2O3/c1-15(2)18-11-9-16(3)13-19(18)26-14-21(25)23-22-20(24)12-10-17-7-5-4-6-8-17/h4-13,15H,14H2,1-3H3,(H,22,24)(H,23,25). The number of aryl methyl sites for hydroxylation is 1. The molecule has 0 saturated carbocycles. The van der Waals surface area contributed by atoms with Crippen LogP contribution >= 0.6 is 0 Å². The first-order valence-corrected chi connectivity index (χ1v) is 8.51. The first-order chi connectivity index (χ1) is 12.5. The van der Waals surface area contributed by atoms with Gasteiger partial charge < -0.3 is 4.74 Å². The number of carbonyl (C=O) groups excluding carboxylic acids is 2. The number of carbonyl (C=O) groups is 2. The second kappa shape index (κ2) is 9.42. The van der Waals surface area contributed by atoms with Crippen LogP contribution in [-0.2, 0) is 9.59 Å². The van der Waals surface area contributed by atoms with Gasteiger partial charge in [0, 0.05) is 6.08 Å². The van der Waals surface area contributed by atoms with Crippen molar-refractivity contribution in [2.24, 2.45) is 0 Å². The van der Waals surface area contributed by atoms with Gasteiger partial charge in [-0.25, -0.2) is 0 Å². The summed E-state index contributed by atoms with van der Waals surface area (Å²) in [4.78, 5) is 23.6. The first kappa shape index (κ1) is 19.2. The van der Waals surface area contributed by atoms with Gasteiger partial charge in [-0.05, 0) is 41.7 Å². The molecule has 5 heteroatoms. The highest BCUT2D eigenvalue weighted by atomic mass is 16.5. The minimum absolute atomic E-state index is 0.175. The van der Waals surface area contributed by atoms with E-state index in [-0.39, 0.29) is 12.5 Å². The summed E-state index contributed by atoms with van der Waals surface area (Å²) in [6, 6.07) is 15.3. The monoisotopic (exact) mass is 352 g/mol. The van der Waals surface area contributed by atoms with Crippen molar-refractivity contribution in [3.8, 4) is 5.75 Å². The van der Waals surface area contributed by atoms with E-state index < -0.39 is 11.8 Å². The highest BCUT2D eigenvalue weighted by molar-refractivity contribution is 5.93. The maximum Gasteiger partial charge on any atom is 0.276 e. The molecule has 0 aliphatic heterocycles. The van der Waals surface area contributed by atoms with Crippen LogP contribution in [0.25, 0.3) is 6.08 Å². The molecule has 0 aromatic heterocycles. The zero-order valence-corrected chi connectivity index (χ0v) is 15.3. The molecule has 0 spiro atoms. The van der Waals surface area contributed by atoms with Crippen molar-refractivity contribution in [2.45, 2.75) is 26.7 Å². The van der Waals surface area contributed by atoms with Gasteiger partial charge in [-0.15, -0.1) is 0 Å². The second-order valence-electron chi connectivity index (χ2n) is 6.27. The minimum atomic E-state index is -0.428. The molecule has 5 nitrogen and oxygen atoms in total. The lowest BCUT2D eigenvalue weighted by atomic mass is 10.0. The summed E-state index contributed by atoms with van der Waals surface area (Å²) in [6.45, 7) is 5.93. The lowest BCUT2D eigenvalue weighted by Gasteiger charge is -2.14. The molecule has 2 N–H and O–H groups in total. The molecule has 136 valence electrons. The SMILES string of the molecule is Cc1ccc(C(C)C)c(OCC(=O)NNC(=O)C=Cc2ccccc2)c1. The quantitative estimate of drug-likeness (QED) is 0.619. The fourth-order valence-corrected chi connectivity index (χ4v) is 2.33. The highest BCUT2D eigenvalue weighted by Gasteiger charge is 2.10. The Labute approximate surface area is 154 Å². The molecule has 0 bridgehead atoms. The third-order valence-corrected chi connectivity index (χ3v) is 3.70. The number of hydrogen-bond donors (Lipinski definition) is 2. The number of ether oxygens (including phenoxy) is 1. The maximum absolute atomic E-state index is 11.9. The van der Waals surface area contributed by atoms with E-state index >= 15 is 0 Å². The largest absolute Gasteiger partial charge is 0.483 e. The molecule has 2 aromatic rings. The van der Waals surface area contributed by atoms with Crippen molar-refractivity contribution in [2.75, 3.05) is 6.61 Å². The highest BCUT2D eigenvalue weighted by Crippen LogP contribution is 2.27.